The van der Waals surface area contributed by atoms with Crippen molar-refractivity contribution in [1.82, 2.24) is 5.32 Å². The maximum Gasteiger partial charge on any atom is 0.115 e. The van der Waals surface area contributed by atoms with Gasteiger partial charge in [0, 0.05) is 6.61 Å². The molecule has 0 saturated carbocycles. The maximum atomic E-state index is 9.84. The number of nitrogens with one attached hydrogen (secondary N) is 1. The third-order valence-corrected chi connectivity index (χ3v) is 6.40. The van der Waals surface area contributed by atoms with Crippen LogP contribution >= 0.6 is 0 Å². The predicted octanol–water partition coefficient (Wildman–Crippen LogP) is 5.71. The molecule has 0 spiro atoms. The summed E-state index contributed by atoms with van der Waals surface area (Å²) < 4.78 is 0. The summed E-state index contributed by atoms with van der Waals surface area (Å²) in [6.45, 7) is 2.37. The minimum atomic E-state index is 0.179. The van der Waals surface area contributed by atoms with Gasteiger partial charge in [0.2, 0.25) is 0 Å². The van der Waals surface area contributed by atoms with Crippen molar-refractivity contribution < 1.29 is 10.2 Å². The second-order valence-electron chi connectivity index (χ2n) is 8.51. The number of hydrogen-bond donors (Lipinski definition) is 3. The Kier molecular flexibility index (Phi) is 7.39. The van der Waals surface area contributed by atoms with E-state index in [1.165, 1.54) is 40.7 Å². The van der Waals surface area contributed by atoms with Crippen molar-refractivity contribution in [2.45, 2.75) is 44.4 Å². The van der Waals surface area contributed by atoms with E-state index in [1.807, 2.05) is 12.1 Å². The standard InChI is InChI=1S/C28H33NO2/c30-20-4-7-27(23-5-2-1-3-6-23)28(25-12-14-26(31)15-13-25)24-10-8-21(9-11-24)22-16-18-29-19-17-22/h2,5-6,8-15,22,29-31H,1,3-4,7,16-20H2/b28-27+. The smallest absolute Gasteiger partial charge is 0.115 e. The zero-order chi connectivity index (χ0) is 21.5. The van der Waals surface area contributed by atoms with Crippen LogP contribution in [0.3, 0.4) is 0 Å². The van der Waals surface area contributed by atoms with Crippen LogP contribution in [-0.4, -0.2) is 29.9 Å². The van der Waals surface area contributed by atoms with Crippen molar-refractivity contribution >= 4 is 5.57 Å². The van der Waals surface area contributed by atoms with Gasteiger partial charge in [-0.2, -0.15) is 0 Å². The Morgan fingerprint density at radius 3 is 2.19 bits per heavy atom. The minimum absolute atomic E-state index is 0.179. The fraction of sp³-hybridized carbons (Fsp3) is 0.357. The first-order valence-corrected chi connectivity index (χ1v) is 11.6. The zero-order valence-corrected chi connectivity index (χ0v) is 18.2. The molecule has 2 aromatic carbocycles. The quantitative estimate of drug-likeness (QED) is 0.543. The number of hydrogen-bond acceptors (Lipinski definition) is 3. The number of allylic oxidation sites excluding steroid dienone is 5. The topological polar surface area (TPSA) is 52.5 Å². The lowest BCUT2D eigenvalue weighted by molar-refractivity contribution is 0.289. The fourth-order valence-electron chi connectivity index (χ4n) is 4.73. The molecule has 0 amide bonds. The number of benzene rings is 2. The van der Waals surface area contributed by atoms with Gasteiger partial charge >= 0.3 is 0 Å². The molecular weight excluding hydrogens is 382 g/mol. The molecule has 3 heteroatoms. The van der Waals surface area contributed by atoms with Crippen molar-refractivity contribution in [1.29, 1.82) is 0 Å². The molecule has 0 bridgehead atoms. The Labute approximate surface area is 185 Å². The summed E-state index contributed by atoms with van der Waals surface area (Å²) in [5.41, 5.74) is 7.43. The van der Waals surface area contributed by atoms with Gasteiger partial charge in [-0.05, 0) is 103 Å². The van der Waals surface area contributed by atoms with Crippen LogP contribution < -0.4 is 5.32 Å². The molecule has 1 saturated heterocycles. The zero-order valence-electron chi connectivity index (χ0n) is 18.2. The van der Waals surface area contributed by atoms with E-state index in [0.717, 1.165) is 44.3 Å². The number of phenols is 1. The summed E-state index contributed by atoms with van der Waals surface area (Å²) in [6, 6.07) is 16.6. The lowest BCUT2D eigenvalue weighted by Crippen LogP contribution is -2.26. The van der Waals surface area contributed by atoms with Crippen LogP contribution in [0.2, 0.25) is 0 Å². The van der Waals surface area contributed by atoms with E-state index in [4.69, 9.17) is 0 Å². The van der Waals surface area contributed by atoms with Gasteiger partial charge in [-0.25, -0.2) is 0 Å². The molecule has 4 rings (SSSR count). The van der Waals surface area contributed by atoms with Gasteiger partial charge in [-0.1, -0.05) is 54.6 Å². The van der Waals surface area contributed by atoms with Crippen LogP contribution in [0.4, 0.5) is 0 Å². The van der Waals surface area contributed by atoms with Crippen LogP contribution in [0.5, 0.6) is 5.75 Å². The molecule has 1 aliphatic heterocycles. The molecule has 3 nitrogen and oxygen atoms in total. The van der Waals surface area contributed by atoms with E-state index in [2.05, 4.69) is 47.8 Å². The Hall–Kier alpha value is -2.62. The van der Waals surface area contributed by atoms with Gasteiger partial charge in [0.1, 0.15) is 5.75 Å². The lowest BCUT2D eigenvalue weighted by atomic mass is 9.84. The van der Waals surface area contributed by atoms with Gasteiger partial charge in [0.25, 0.3) is 0 Å². The SMILES string of the molecule is OCCC/C(C1=CCCC=C1)=C(\c1ccc(O)cc1)c1ccc(C2CCNCC2)cc1. The third kappa shape index (κ3) is 5.36. The molecule has 3 N–H and O–H groups in total. The third-order valence-electron chi connectivity index (χ3n) is 6.40. The summed E-state index contributed by atoms with van der Waals surface area (Å²) >= 11 is 0. The molecule has 2 aliphatic rings. The summed E-state index contributed by atoms with van der Waals surface area (Å²) in [6.07, 6.45) is 12.8. The molecule has 162 valence electrons. The highest BCUT2D eigenvalue weighted by atomic mass is 16.3. The van der Waals surface area contributed by atoms with Gasteiger partial charge < -0.3 is 15.5 Å². The van der Waals surface area contributed by atoms with Gasteiger partial charge in [-0.3, -0.25) is 0 Å². The molecule has 0 unspecified atom stereocenters. The molecule has 1 heterocycles. The second kappa shape index (κ2) is 10.6. The Balaban J connectivity index is 1.79. The van der Waals surface area contributed by atoms with Crippen molar-refractivity contribution in [3.63, 3.8) is 0 Å². The number of piperidine rings is 1. The highest BCUT2D eigenvalue weighted by Gasteiger charge is 2.18. The van der Waals surface area contributed by atoms with Crippen molar-refractivity contribution in [3.8, 4) is 5.75 Å². The van der Waals surface area contributed by atoms with Crippen molar-refractivity contribution in [2.75, 3.05) is 19.7 Å². The minimum Gasteiger partial charge on any atom is -0.508 e. The predicted molar refractivity (Wildman–Crippen MR) is 128 cm³/mol. The Morgan fingerprint density at radius 2 is 1.58 bits per heavy atom. The molecule has 1 fully saturated rings. The van der Waals surface area contributed by atoms with E-state index in [1.54, 1.807) is 12.1 Å². The van der Waals surface area contributed by atoms with E-state index in [-0.39, 0.29) is 12.4 Å². The lowest BCUT2D eigenvalue weighted by Gasteiger charge is -2.24. The molecule has 0 aromatic heterocycles. The first-order valence-electron chi connectivity index (χ1n) is 11.6. The summed E-state index contributed by atoms with van der Waals surface area (Å²) in [5, 5.41) is 22.8. The highest BCUT2D eigenvalue weighted by molar-refractivity contribution is 5.85. The highest BCUT2D eigenvalue weighted by Crippen LogP contribution is 2.36. The van der Waals surface area contributed by atoms with Crippen LogP contribution in [0, 0.1) is 0 Å². The van der Waals surface area contributed by atoms with E-state index in [0.29, 0.717) is 5.92 Å². The van der Waals surface area contributed by atoms with E-state index >= 15 is 0 Å². The van der Waals surface area contributed by atoms with Gasteiger partial charge in [0.15, 0.2) is 0 Å². The van der Waals surface area contributed by atoms with Gasteiger partial charge in [-0.15, -0.1) is 0 Å². The largest absolute Gasteiger partial charge is 0.508 e. The Morgan fingerprint density at radius 1 is 0.903 bits per heavy atom. The summed E-state index contributed by atoms with van der Waals surface area (Å²) in [5.74, 6) is 0.910. The first kappa shape index (κ1) is 21.6. The first-order chi connectivity index (χ1) is 15.3. The molecule has 1 aliphatic carbocycles. The van der Waals surface area contributed by atoms with Crippen LogP contribution in [0.25, 0.3) is 5.57 Å². The molecule has 0 atom stereocenters. The molecular formula is C28H33NO2. The number of aromatic hydroxyl groups is 1. The number of aliphatic hydroxyl groups excluding tert-OH is 1. The average molecular weight is 416 g/mol. The van der Waals surface area contributed by atoms with Crippen LogP contribution in [-0.2, 0) is 0 Å². The Bertz CT molecular complexity index is 946. The molecule has 2 aromatic rings. The van der Waals surface area contributed by atoms with E-state index < -0.39 is 0 Å². The number of rotatable bonds is 7. The van der Waals surface area contributed by atoms with E-state index in [9.17, 15) is 10.2 Å². The van der Waals surface area contributed by atoms with Crippen molar-refractivity contribution in [2.24, 2.45) is 0 Å². The summed E-state index contributed by atoms with van der Waals surface area (Å²) in [4.78, 5) is 0. The normalized spacial score (nSPS) is 17.9. The van der Waals surface area contributed by atoms with Crippen molar-refractivity contribution in [3.05, 3.63) is 94.6 Å². The fourth-order valence-corrected chi connectivity index (χ4v) is 4.73. The number of aliphatic hydroxyl groups is 1. The molecule has 31 heavy (non-hydrogen) atoms. The average Bonchev–Trinajstić information content (AvgIpc) is 2.84. The number of phenolic OH excluding ortho intramolecular Hbond substituents is 1. The molecule has 0 radical (unpaired) electrons. The van der Waals surface area contributed by atoms with Gasteiger partial charge in [0.05, 0.1) is 0 Å². The second-order valence-corrected chi connectivity index (χ2v) is 8.51. The van der Waals surface area contributed by atoms with Crippen LogP contribution in [0.1, 0.15) is 61.1 Å². The monoisotopic (exact) mass is 415 g/mol. The maximum absolute atomic E-state index is 9.84. The summed E-state index contributed by atoms with van der Waals surface area (Å²) in [7, 11) is 0. The van der Waals surface area contributed by atoms with Crippen LogP contribution in [0.15, 0.2) is 77.9 Å².